The maximum Gasteiger partial charge on any atom is 0.328 e. The Balaban J connectivity index is 1.67. The number of nitrogens with zero attached hydrogens (tertiary/aromatic N) is 1. The summed E-state index contributed by atoms with van der Waals surface area (Å²) >= 11 is 0. The van der Waals surface area contributed by atoms with E-state index in [4.69, 9.17) is 9.47 Å². The Morgan fingerprint density at radius 1 is 1.18 bits per heavy atom. The van der Waals surface area contributed by atoms with Crippen LogP contribution >= 0.6 is 0 Å². The van der Waals surface area contributed by atoms with E-state index in [1.54, 1.807) is 12.1 Å². The number of hydrogen-bond acceptors (Lipinski definition) is 4. The van der Waals surface area contributed by atoms with Gasteiger partial charge in [0.15, 0.2) is 11.6 Å². The van der Waals surface area contributed by atoms with Gasteiger partial charge in [-0.1, -0.05) is 42.0 Å². The number of likely N-dealkylation sites (tertiary alicyclic amines) is 1. The Labute approximate surface area is 164 Å². The second-order valence-corrected chi connectivity index (χ2v) is 6.98. The molecule has 2 atom stereocenters. The van der Waals surface area contributed by atoms with Gasteiger partial charge in [0.1, 0.15) is 12.1 Å². The van der Waals surface area contributed by atoms with Crippen LogP contribution < -0.4 is 4.74 Å². The number of para-hydroxylation sites is 1. The lowest BCUT2D eigenvalue weighted by atomic mass is 10.1. The lowest BCUT2D eigenvalue weighted by Gasteiger charge is -2.22. The van der Waals surface area contributed by atoms with Crippen LogP contribution in [0.3, 0.4) is 0 Å². The third-order valence-corrected chi connectivity index (χ3v) is 4.90. The molecule has 3 rings (SSSR count). The van der Waals surface area contributed by atoms with Crippen LogP contribution in [0.5, 0.6) is 5.75 Å². The maximum absolute atomic E-state index is 13.9. The number of carbonyl (C=O) groups is 2. The molecule has 1 saturated heterocycles. The fraction of sp³-hybridized carbons (Fsp3) is 0.364. The summed E-state index contributed by atoms with van der Waals surface area (Å²) in [6.45, 7) is 2.23. The molecule has 1 aliphatic heterocycles. The van der Waals surface area contributed by atoms with Gasteiger partial charge in [0.2, 0.25) is 5.91 Å². The Morgan fingerprint density at radius 3 is 2.68 bits per heavy atom. The van der Waals surface area contributed by atoms with Crippen molar-refractivity contribution >= 4 is 11.9 Å². The molecule has 2 aromatic rings. The molecular weight excluding hydrogens is 361 g/mol. The third-order valence-electron chi connectivity index (χ3n) is 4.90. The quantitative estimate of drug-likeness (QED) is 0.716. The van der Waals surface area contributed by atoms with Crippen molar-refractivity contribution in [2.24, 2.45) is 0 Å². The fourth-order valence-electron chi connectivity index (χ4n) is 3.50. The lowest BCUT2D eigenvalue weighted by Crippen LogP contribution is -2.41. The molecule has 2 unspecified atom stereocenters. The van der Waals surface area contributed by atoms with Gasteiger partial charge in [-0.3, -0.25) is 4.79 Å². The molecule has 0 aliphatic carbocycles. The molecule has 6 heteroatoms. The van der Waals surface area contributed by atoms with Gasteiger partial charge in [-0.25, -0.2) is 9.18 Å². The van der Waals surface area contributed by atoms with Crippen molar-refractivity contribution in [3.05, 3.63) is 65.5 Å². The summed E-state index contributed by atoms with van der Waals surface area (Å²) in [5.74, 6) is -0.980. The number of benzene rings is 2. The van der Waals surface area contributed by atoms with E-state index in [-0.39, 0.29) is 31.0 Å². The number of carbonyl (C=O) groups excluding carboxylic acids is 2. The average molecular weight is 385 g/mol. The number of hydrogen-bond donors (Lipinski definition) is 0. The van der Waals surface area contributed by atoms with Crippen LogP contribution in [-0.2, 0) is 20.7 Å². The SMILES string of the molecule is COC(=O)C1CC(Oc2ccccc2F)CN1C(=O)CCc1cccc(C)c1. The Hall–Kier alpha value is -2.89. The molecular formula is C22H24FNO4. The first kappa shape index (κ1) is 19.9. The fourth-order valence-corrected chi connectivity index (χ4v) is 3.50. The minimum absolute atomic E-state index is 0.116. The molecule has 148 valence electrons. The second-order valence-electron chi connectivity index (χ2n) is 6.98. The molecule has 0 N–H and O–H groups in total. The van der Waals surface area contributed by atoms with E-state index < -0.39 is 23.9 Å². The number of aryl methyl sites for hydroxylation is 2. The van der Waals surface area contributed by atoms with E-state index in [1.807, 2.05) is 31.2 Å². The standard InChI is InChI=1S/C22H24FNO4/c1-15-6-5-7-16(12-15)10-11-21(25)24-14-17(13-19(24)22(26)27-2)28-20-9-4-3-8-18(20)23/h3-9,12,17,19H,10-11,13-14H2,1-2H3. The van der Waals surface area contributed by atoms with E-state index in [1.165, 1.54) is 24.1 Å². The predicted octanol–water partition coefficient (Wildman–Crippen LogP) is 3.29. The van der Waals surface area contributed by atoms with Crippen molar-refractivity contribution in [3.63, 3.8) is 0 Å². The molecule has 0 spiro atoms. The number of ether oxygens (including phenoxy) is 2. The van der Waals surface area contributed by atoms with E-state index >= 15 is 0 Å². The predicted molar refractivity (Wildman–Crippen MR) is 102 cm³/mol. The summed E-state index contributed by atoms with van der Waals surface area (Å²) in [6.07, 6.45) is 0.675. The highest BCUT2D eigenvalue weighted by Crippen LogP contribution is 2.26. The second kappa shape index (κ2) is 8.87. The molecule has 1 aliphatic rings. The van der Waals surface area contributed by atoms with Crippen LogP contribution in [0.1, 0.15) is 24.0 Å². The Kier molecular flexibility index (Phi) is 6.29. The van der Waals surface area contributed by atoms with Gasteiger partial charge < -0.3 is 14.4 Å². The normalized spacial score (nSPS) is 18.8. The van der Waals surface area contributed by atoms with Gasteiger partial charge in [0.25, 0.3) is 0 Å². The number of rotatable bonds is 6. The van der Waals surface area contributed by atoms with Gasteiger partial charge in [0, 0.05) is 12.8 Å². The van der Waals surface area contributed by atoms with Gasteiger partial charge in [-0.15, -0.1) is 0 Å². The van der Waals surface area contributed by atoms with Crippen LogP contribution in [0.25, 0.3) is 0 Å². The molecule has 0 bridgehead atoms. The summed E-state index contributed by atoms with van der Waals surface area (Å²) in [6, 6.07) is 13.4. The summed E-state index contributed by atoms with van der Waals surface area (Å²) in [4.78, 5) is 26.4. The van der Waals surface area contributed by atoms with Gasteiger partial charge >= 0.3 is 5.97 Å². The van der Waals surface area contributed by atoms with E-state index in [0.29, 0.717) is 6.42 Å². The highest BCUT2D eigenvalue weighted by molar-refractivity contribution is 5.85. The van der Waals surface area contributed by atoms with Crippen molar-refractivity contribution in [1.82, 2.24) is 4.90 Å². The topological polar surface area (TPSA) is 55.8 Å². The molecule has 0 saturated carbocycles. The van der Waals surface area contributed by atoms with Crippen LogP contribution in [0.2, 0.25) is 0 Å². The Morgan fingerprint density at radius 2 is 1.96 bits per heavy atom. The molecule has 2 aromatic carbocycles. The van der Waals surface area contributed by atoms with Crippen molar-refractivity contribution in [2.75, 3.05) is 13.7 Å². The van der Waals surface area contributed by atoms with Crippen molar-refractivity contribution < 1.29 is 23.5 Å². The van der Waals surface area contributed by atoms with E-state index in [2.05, 4.69) is 0 Å². The molecule has 5 nitrogen and oxygen atoms in total. The van der Waals surface area contributed by atoms with Crippen LogP contribution in [0.4, 0.5) is 4.39 Å². The highest BCUT2D eigenvalue weighted by atomic mass is 19.1. The molecule has 0 aromatic heterocycles. The summed E-state index contributed by atoms with van der Waals surface area (Å²) < 4.78 is 24.4. The zero-order valence-electron chi connectivity index (χ0n) is 16.1. The Bertz CT molecular complexity index is 854. The van der Waals surface area contributed by atoms with Crippen LogP contribution in [0.15, 0.2) is 48.5 Å². The highest BCUT2D eigenvalue weighted by Gasteiger charge is 2.41. The maximum atomic E-state index is 13.9. The van der Waals surface area contributed by atoms with Crippen LogP contribution in [-0.4, -0.2) is 42.6 Å². The summed E-state index contributed by atoms with van der Waals surface area (Å²) in [5.41, 5.74) is 2.21. The summed E-state index contributed by atoms with van der Waals surface area (Å²) in [7, 11) is 1.29. The average Bonchev–Trinajstić information content (AvgIpc) is 3.11. The molecule has 28 heavy (non-hydrogen) atoms. The molecule has 1 fully saturated rings. The first-order valence-electron chi connectivity index (χ1n) is 9.32. The first-order chi connectivity index (χ1) is 13.5. The van der Waals surface area contributed by atoms with Crippen molar-refractivity contribution in [1.29, 1.82) is 0 Å². The van der Waals surface area contributed by atoms with Crippen molar-refractivity contribution in [2.45, 2.75) is 38.3 Å². The zero-order chi connectivity index (χ0) is 20.1. The number of methoxy groups -OCH3 is 1. The number of amides is 1. The lowest BCUT2D eigenvalue weighted by molar-refractivity contribution is -0.150. The minimum Gasteiger partial charge on any atom is -0.485 e. The van der Waals surface area contributed by atoms with Crippen LogP contribution in [0, 0.1) is 12.7 Å². The largest absolute Gasteiger partial charge is 0.485 e. The van der Waals surface area contributed by atoms with Gasteiger partial charge in [-0.05, 0) is 31.0 Å². The smallest absolute Gasteiger partial charge is 0.328 e. The van der Waals surface area contributed by atoms with Gasteiger partial charge in [0.05, 0.1) is 13.7 Å². The summed E-state index contributed by atoms with van der Waals surface area (Å²) in [5, 5.41) is 0. The van der Waals surface area contributed by atoms with E-state index in [0.717, 1.165) is 11.1 Å². The number of esters is 1. The minimum atomic E-state index is -0.716. The molecule has 0 radical (unpaired) electrons. The number of halogens is 1. The first-order valence-corrected chi connectivity index (χ1v) is 9.32. The zero-order valence-corrected chi connectivity index (χ0v) is 16.1. The molecule has 1 heterocycles. The van der Waals surface area contributed by atoms with Crippen molar-refractivity contribution in [3.8, 4) is 5.75 Å². The monoisotopic (exact) mass is 385 g/mol. The molecule has 1 amide bonds. The van der Waals surface area contributed by atoms with E-state index in [9.17, 15) is 14.0 Å². The third kappa shape index (κ3) is 4.68. The van der Waals surface area contributed by atoms with Gasteiger partial charge in [-0.2, -0.15) is 0 Å².